The smallest absolute Gasteiger partial charge is 0.144 e. The van der Waals surface area contributed by atoms with Gasteiger partial charge in [0.2, 0.25) is 0 Å². The van der Waals surface area contributed by atoms with Crippen LogP contribution < -0.4 is 15.8 Å². The van der Waals surface area contributed by atoms with Gasteiger partial charge in [-0.15, -0.1) is 0 Å². The topological polar surface area (TPSA) is 56.5 Å². The molecule has 0 aromatic heterocycles. The highest BCUT2D eigenvalue weighted by Gasteiger charge is 2.15. The van der Waals surface area contributed by atoms with E-state index in [1.54, 1.807) is 0 Å². The molecular formula is C15H24N2O2. The zero-order chi connectivity index (χ0) is 13.7. The van der Waals surface area contributed by atoms with Crippen LogP contribution in [0, 0.1) is 0 Å². The average Bonchev–Trinajstić information content (AvgIpc) is 2.86. The molecule has 1 aliphatic heterocycles. The second kappa shape index (κ2) is 6.66. The lowest BCUT2D eigenvalue weighted by atomic mass is 10.2. The lowest BCUT2D eigenvalue weighted by Gasteiger charge is -2.16. The molecule has 1 heterocycles. The minimum atomic E-state index is 0.129. The monoisotopic (exact) mass is 264 g/mol. The quantitative estimate of drug-likeness (QED) is 0.775. The van der Waals surface area contributed by atoms with Crippen LogP contribution in [0.3, 0.4) is 0 Å². The number of anilines is 2. The van der Waals surface area contributed by atoms with E-state index in [9.17, 15) is 0 Å². The average molecular weight is 264 g/mol. The molecule has 4 heteroatoms. The van der Waals surface area contributed by atoms with Gasteiger partial charge in [0.1, 0.15) is 5.75 Å². The fraction of sp³-hybridized carbons (Fsp3) is 0.600. The van der Waals surface area contributed by atoms with Crippen molar-refractivity contribution in [2.45, 2.75) is 45.3 Å². The Morgan fingerprint density at radius 2 is 2.32 bits per heavy atom. The van der Waals surface area contributed by atoms with E-state index in [0.717, 1.165) is 31.0 Å². The van der Waals surface area contributed by atoms with Crippen LogP contribution >= 0.6 is 0 Å². The van der Waals surface area contributed by atoms with Gasteiger partial charge in [0.15, 0.2) is 0 Å². The third-order valence-electron chi connectivity index (χ3n) is 3.23. The van der Waals surface area contributed by atoms with Gasteiger partial charge in [-0.05, 0) is 45.2 Å². The predicted molar refractivity (Wildman–Crippen MR) is 78.7 cm³/mol. The molecule has 0 saturated carbocycles. The first-order valence-corrected chi connectivity index (χ1v) is 7.07. The Morgan fingerprint density at radius 3 is 3.00 bits per heavy atom. The fourth-order valence-electron chi connectivity index (χ4n) is 2.29. The summed E-state index contributed by atoms with van der Waals surface area (Å²) < 4.78 is 11.3. The van der Waals surface area contributed by atoms with Crippen molar-refractivity contribution in [1.82, 2.24) is 0 Å². The molecule has 0 radical (unpaired) electrons. The second-order valence-electron chi connectivity index (χ2n) is 5.23. The lowest BCUT2D eigenvalue weighted by Crippen LogP contribution is -2.14. The summed E-state index contributed by atoms with van der Waals surface area (Å²) in [6.45, 7) is 5.78. The van der Waals surface area contributed by atoms with Gasteiger partial charge in [-0.25, -0.2) is 0 Å². The number of nitrogen functional groups attached to an aromatic ring is 1. The van der Waals surface area contributed by atoms with Crippen molar-refractivity contribution in [3.05, 3.63) is 18.2 Å². The van der Waals surface area contributed by atoms with Crippen LogP contribution in [0.2, 0.25) is 0 Å². The molecule has 4 nitrogen and oxygen atoms in total. The summed E-state index contributed by atoms with van der Waals surface area (Å²) in [4.78, 5) is 0. The van der Waals surface area contributed by atoms with E-state index in [4.69, 9.17) is 15.2 Å². The summed E-state index contributed by atoms with van der Waals surface area (Å²) in [6.07, 6.45) is 3.92. The third kappa shape index (κ3) is 4.03. The minimum Gasteiger partial charge on any atom is -0.489 e. The van der Waals surface area contributed by atoms with Gasteiger partial charge in [0.05, 0.1) is 23.6 Å². The van der Waals surface area contributed by atoms with Crippen LogP contribution in [0.5, 0.6) is 5.75 Å². The van der Waals surface area contributed by atoms with Crippen molar-refractivity contribution in [2.24, 2.45) is 0 Å². The van der Waals surface area contributed by atoms with Crippen LogP contribution in [0.15, 0.2) is 18.2 Å². The van der Waals surface area contributed by atoms with Gasteiger partial charge in [-0.3, -0.25) is 0 Å². The van der Waals surface area contributed by atoms with Gasteiger partial charge in [0.25, 0.3) is 0 Å². The fourth-order valence-corrected chi connectivity index (χ4v) is 2.29. The Hall–Kier alpha value is -1.42. The Labute approximate surface area is 115 Å². The first kappa shape index (κ1) is 14.0. The highest BCUT2D eigenvalue weighted by molar-refractivity contribution is 5.72. The largest absolute Gasteiger partial charge is 0.489 e. The summed E-state index contributed by atoms with van der Waals surface area (Å²) in [5.41, 5.74) is 7.73. The van der Waals surface area contributed by atoms with Crippen LogP contribution in [0.4, 0.5) is 11.4 Å². The molecule has 0 spiro atoms. The Balaban J connectivity index is 1.88. The Kier molecular flexibility index (Phi) is 4.91. The maximum absolute atomic E-state index is 6.11. The number of nitrogens with one attached hydrogen (secondary N) is 1. The molecule has 2 rings (SSSR count). The first-order valence-electron chi connectivity index (χ1n) is 7.07. The van der Waals surface area contributed by atoms with Crippen LogP contribution in [0.1, 0.15) is 33.1 Å². The molecule has 1 aliphatic rings. The zero-order valence-electron chi connectivity index (χ0n) is 11.8. The third-order valence-corrected chi connectivity index (χ3v) is 3.23. The number of para-hydroxylation sites is 1. The lowest BCUT2D eigenvalue weighted by molar-refractivity contribution is 0.107. The maximum atomic E-state index is 6.11. The number of benzene rings is 1. The normalized spacial score (nSPS) is 18.8. The van der Waals surface area contributed by atoms with Gasteiger partial charge < -0.3 is 20.5 Å². The van der Waals surface area contributed by atoms with E-state index in [1.165, 1.54) is 12.8 Å². The minimum absolute atomic E-state index is 0.129. The van der Waals surface area contributed by atoms with Crippen LogP contribution in [-0.2, 0) is 4.74 Å². The first-order chi connectivity index (χ1) is 9.16. The molecule has 3 N–H and O–H groups in total. The standard InChI is InChI=1S/C15H24N2O2/c1-11(2)19-14-7-3-6-13(15(14)16)17-9-8-12-5-4-10-18-12/h3,6-7,11-12,17H,4-5,8-10,16H2,1-2H3. The SMILES string of the molecule is CC(C)Oc1cccc(NCCC2CCCO2)c1N. The van der Waals surface area contributed by atoms with Crippen molar-refractivity contribution in [3.8, 4) is 5.75 Å². The molecule has 19 heavy (non-hydrogen) atoms. The molecule has 1 atom stereocenters. The van der Waals surface area contributed by atoms with E-state index in [-0.39, 0.29) is 6.10 Å². The zero-order valence-corrected chi connectivity index (χ0v) is 11.8. The van der Waals surface area contributed by atoms with E-state index in [0.29, 0.717) is 11.8 Å². The molecule has 1 aromatic rings. The van der Waals surface area contributed by atoms with Crippen LogP contribution in [0.25, 0.3) is 0 Å². The van der Waals surface area contributed by atoms with Gasteiger partial charge in [-0.1, -0.05) is 6.07 Å². The number of rotatable bonds is 6. The Morgan fingerprint density at radius 1 is 1.47 bits per heavy atom. The molecule has 1 fully saturated rings. The molecule has 1 saturated heterocycles. The summed E-state index contributed by atoms with van der Waals surface area (Å²) >= 11 is 0. The maximum Gasteiger partial charge on any atom is 0.144 e. The summed E-state index contributed by atoms with van der Waals surface area (Å²) in [6, 6.07) is 5.85. The van der Waals surface area contributed by atoms with E-state index in [2.05, 4.69) is 5.32 Å². The van der Waals surface area contributed by atoms with Crippen molar-refractivity contribution >= 4 is 11.4 Å². The molecule has 0 aliphatic carbocycles. The number of hydrogen-bond donors (Lipinski definition) is 2. The van der Waals surface area contributed by atoms with E-state index < -0.39 is 0 Å². The Bertz CT molecular complexity index is 401. The van der Waals surface area contributed by atoms with Crippen molar-refractivity contribution < 1.29 is 9.47 Å². The molecule has 0 amide bonds. The highest BCUT2D eigenvalue weighted by atomic mass is 16.5. The highest BCUT2D eigenvalue weighted by Crippen LogP contribution is 2.30. The van der Waals surface area contributed by atoms with E-state index in [1.807, 2.05) is 32.0 Å². The number of hydrogen-bond acceptors (Lipinski definition) is 4. The van der Waals surface area contributed by atoms with Crippen molar-refractivity contribution in [3.63, 3.8) is 0 Å². The van der Waals surface area contributed by atoms with Crippen molar-refractivity contribution in [2.75, 3.05) is 24.2 Å². The number of ether oxygens (including phenoxy) is 2. The van der Waals surface area contributed by atoms with Gasteiger partial charge >= 0.3 is 0 Å². The molecular weight excluding hydrogens is 240 g/mol. The summed E-state index contributed by atoms with van der Waals surface area (Å²) in [5, 5.41) is 3.37. The van der Waals surface area contributed by atoms with Gasteiger partial charge in [-0.2, -0.15) is 0 Å². The molecule has 0 bridgehead atoms. The number of nitrogens with two attached hydrogens (primary N) is 1. The van der Waals surface area contributed by atoms with E-state index >= 15 is 0 Å². The molecule has 1 unspecified atom stereocenters. The van der Waals surface area contributed by atoms with Gasteiger partial charge in [0, 0.05) is 13.2 Å². The second-order valence-corrected chi connectivity index (χ2v) is 5.23. The van der Waals surface area contributed by atoms with Crippen LogP contribution in [-0.4, -0.2) is 25.4 Å². The van der Waals surface area contributed by atoms with Crippen molar-refractivity contribution in [1.29, 1.82) is 0 Å². The molecule has 106 valence electrons. The predicted octanol–water partition coefficient (Wildman–Crippen LogP) is 3.04. The molecule has 1 aromatic carbocycles. The summed E-state index contributed by atoms with van der Waals surface area (Å²) in [7, 11) is 0. The summed E-state index contributed by atoms with van der Waals surface area (Å²) in [5.74, 6) is 0.747.